The third kappa shape index (κ3) is 4.37. The van der Waals surface area contributed by atoms with Gasteiger partial charge in [0.1, 0.15) is 17.5 Å². The number of anilines is 1. The van der Waals surface area contributed by atoms with Crippen LogP contribution in [0.4, 0.5) is 10.2 Å². The van der Waals surface area contributed by atoms with Crippen LogP contribution >= 0.6 is 11.6 Å². The molecule has 0 aliphatic carbocycles. The van der Waals surface area contributed by atoms with Crippen LogP contribution in [0, 0.1) is 5.82 Å². The highest BCUT2D eigenvalue weighted by Gasteiger charge is 2.08. The number of hydrogen-bond donors (Lipinski definition) is 1. The third-order valence-corrected chi connectivity index (χ3v) is 3.19. The molecule has 4 nitrogen and oxygen atoms in total. The number of hydrogen-bond acceptors (Lipinski definition) is 4. The molecule has 6 heteroatoms. The lowest BCUT2D eigenvalue weighted by Gasteiger charge is -2.09. The Labute approximate surface area is 128 Å². The predicted octanol–water partition coefficient (Wildman–Crippen LogP) is 3.44. The van der Waals surface area contributed by atoms with Crippen molar-refractivity contribution < 1.29 is 9.13 Å². The van der Waals surface area contributed by atoms with Crippen molar-refractivity contribution >= 4 is 17.4 Å². The van der Waals surface area contributed by atoms with Crippen LogP contribution in [0.3, 0.4) is 0 Å². The Balaban J connectivity index is 2.29. The molecule has 0 aliphatic rings. The molecule has 2 aromatic rings. The summed E-state index contributed by atoms with van der Waals surface area (Å²) in [5.41, 5.74) is 1.58. The lowest BCUT2D eigenvalue weighted by atomic mass is 10.1. The summed E-state index contributed by atoms with van der Waals surface area (Å²) < 4.78 is 18.2. The van der Waals surface area contributed by atoms with Crippen molar-refractivity contribution in [1.29, 1.82) is 0 Å². The largest absolute Gasteiger partial charge is 0.378 e. The number of methoxy groups -OCH3 is 1. The normalized spacial score (nSPS) is 10.7. The Morgan fingerprint density at radius 2 is 2.10 bits per heavy atom. The predicted molar refractivity (Wildman–Crippen MR) is 81.1 cm³/mol. The Morgan fingerprint density at radius 3 is 2.76 bits per heavy atom. The molecule has 2 rings (SSSR count). The van der Waals surface area contributed by atoms with E-state index in [-0.39, 0.29) is 5.82 Å². The molecular weight excluding hydrogens is 293 g/mol. The van der Waals surface area contributed by atoms with E-state index in [4.69, 9.17) is 16.3 Å². The first-order valence-corrected chi connectivity index (χ1v) is 7.03. The highest BCUT2D eigenvalue weighted by molar-refractivity contribution is 6.31. The van der Waals surface area contributed by atoms with E-state index in [1.54, 1.807) is 13.2 Å². The number of rotatable bonds is 6. The molecule has 0 saturated heterocycles. The minimum absolute atomic E-state index is 0.355. The maximum Gasteiger partial charge on any atom is 0.135 e. The van der Waals surface area contributed by atoms with Gasteiger partial charge in [0, 0.05) is 31.2 Å². The Hall–Kier alpha value is -1.72. The summed E-state index contributed by atoms with van der Waals surface area (Å²) in [7, 11) is 1.62. The Morgan fingerprint density at radius 1 is 1.29 bits per heavy atom. The van der Waals surface area contributed by atoms with Gasteiger partial charge >= 0.3 is 0 Å². The van der Waals surface area contributed by atoms with Crippen molar-refractivity contribution in [3.8, 4) is 0 Å². The fourth-order valence-electron chi connectivity index (χ4n) is 1.96. The molecular formula is C15H17ClFN3O. The van der Waals surface area contributed by atoms with E-state index in [9.17, 15) is 4.39 Å². The van der Waals surface area contributed by atoms with E-state index in [2.05, 4.69) is 15.3 Å². The summed E-state index contributed by atoms with van der Waals surface area (Å²) in [4.78, 5) is 8.87. The standard InChI is InChI=1S/C15H17ClFN3O/c1-3-18-14-8-12(9-21-2)19-15(20-14)6-10-4-5-11(17)7-13(10)16/h4-5,7-8H,3,6,9H2,1-2H3,(H,18,19,20). The van der Waals surface area contributed by atoms with Gasteiger partial charge in [-0.3, -0.25) is 0 Å². The van der Waals surface area contributed by atoms with Crippen LogP contribution in [-0.2, 0) is 17.8 Å². The quantitative estimate of drug-likeness (QED) is 0.888. The first-order chi connectivity index (χ1) is 10.1. The molecule has 0 aliphatic heterocycles. The molecule has 0 atom stereocenters. The molecule has 0 amide bonds. The van der Waals surface area contributed by atoms with Gasteiger partial charge in [-0.2, -0.15) is 0 Å². The lowest BCUT2D eigenvalue weighted by molar-refractivity contribution is 0.181. The van der Waals surface area contributed by atoms with Crippen LogP contribution in [0.5, 0.6) is 0 Å². The second kappa shape index (κ2) is 7.33. The first kappa shape index (κ1) is 15.7. The van der Waals surface area contributed by atoms with Gasteiger partial charge in [0.2, 0.25) is 0 Å². The van der Waals surface area contributed by atoms with Crippen LogP contribution in [0.25, 0.3) is 0 Å². The highest BCUT2D eigenvalue weighted by Crippen LogP contribution is 2.20. The zero-order valence-corrected chi connectivity index (χ0v) is 12.7. The molecule has 0 unspecified atom stereocenters. The number of nitrogens with one attached hydrogen (secondary N) is 1. The van der Waals surface area contributed by atoms with E-state index in [1.807, 2.05) is 13.0 Å². The monoisotopic (exact) mass is 309 g/mol. The molecule has 0 radical (unpaired) electrons. The maximum atomic E-state index is 13.1. The fraction of sp³-hybridized carbons (Fsp3) is 0.333. The van der Waals surface area contributed by atoms with Gasteiger partial charge in [-0.15, -0.1) is 0 Å². The summed E-state index contributed by atoms with van der Waals surface area (Å²) >= 11 is 6.05. The van der Waals surface area contributed by atoms with Gasteiger partial charge in [-0.1, -0.05) is 17.7 Å². The SMILES string of the molecule is CCNc1cc(COC)nc(Cc2ccc(F)cc2Cl)n1. The number of halogens is 2. The number of nitrogens with zero attached hydrogens (tertiary/aromatic N) is 2. The first-order valence-electron chi connectivity index (χ1n) is 6.66. The molecule has 1 aromatic carbocycles. The second-order valence-electron chi connectivity index (χ2n) is 4.54. The number of benzene rings is 1. The summed E-state index contributed by atoms with van der Waals surface area (Å²) in [6.45, 7) is 3.17. The number of aromatic nitrogens is 2. The smallest absolute Gasteiger partial charge is 0.135 e. The third-order valence-electron chi connectivity index (χ3n) is 2.84. The molecule has 0 saturated carbocycles. The van der Waals surface area contributed by atoms with Crippen molar-refractivity contribution in [2.75, 3.05) is 19.0 Å². The van der Waals surface area contributed by atoms with Crippen LogP contribution in [-0.4, -0.2) is 23.6 Å². The van der Waals surface area contributed by atoms with E-state index in [1.165, 1.54) is 12.1 Å². The van der Waals surface area contributed by atoms with Crippen LogP contribution in [0.15, 0.2) is 24.3 Å². The summed E-state index contributed by atoms with van der Waals surface area (Å²) in [6, 6.07) is 6.17. The van der Waals surface area contributed by atoms with Crippen LogP contribution in [0.2, 0.25) is 5.02 Å². The molecule has 112 valence electrons. The Kier molecular flexibility index (Phi) is 5.47. The molecule has 0 spiro atoms. The number of ether oxygens (including phenoxy) is 1. The minimum Gasteiger partial charge on any atom is -0.378 e. The van der Waals surface area contributed by atoms with Crippen molar-refractivity contribution in [3.63, 3.8) is 0 Å². The topological polar surface area (TPSA) is 47.0 Å². The van der Waals surface area contributed by atoms with E-state index >= 15 is 0 Å². The average Bonchev–Trinajstić information content (AvgIpc) is 2.42. The van der Waals surface area contributed by atoms with E-state index in [0.29, 0.717) is 23.9 Å². The van der Waals surface area contributed by atoms with Gasteiger partial charge in [0.25, 0.3) is 0 Å². The van der Waals surface area contributed by atoms with Crippen LogP contribution in [0.1, 0.15) is 24.0 Å². The van der Waals surface area contributed by atoms with Crippen molar-refractivity contribution in [3.05, 3.63) is 52.2 Å². The van der Waals surface area contributed by atoms with Gasteiger partial charge in [-0.05, 0) is 24.6 Å². The minimum atomic E-state index is -0.355. The lowest BCUT2D eigenvalue weighted by Crippen LogP contribution is -2.07. The molecule has 0 bridgehead atoms. The van der Waals surface area contributed by atoms with Crippen molar-refractivity contribution in [2.24, 2.45) is 0 Å². The van der Waals surface area contributed by atoms with Gasteiger partial charge in [0.15, 0.2) is 0 Å². The fourth-order valence-corrected chi connectivity index (χ4v) is 2.19. The highest BCUT2D eigenvalue weighted by atomic mass is 35.5. The summed E-state index contributed by atoms with van der Waals surface area (Å²) in [5.74, 6) is 1.01. The van der Waals surface area contributed by atoms with E-state index < -0.39 is 0 Å². The average molecular weight is 310 g/mol. The Bertz CT molecular complexity index is 598. The van der Waals surface area contributed by atoms with Crippen LogP contribution < -0.4 is 5.32 Å². The molecule has 21 heavy (non-hydrogen) atoms. The molecule has 1 heterocycles. The molecule has 1 aromatic heterocycles. The van der Waals surface area contributed by atoms with Gasteiger partial charge < -0.3 is 10.1 Å². The maximum absolute atomic E-state index is 13.1. The summed E-state index contributed by atoms with van der Waals surface area (Å²) in [6.07, 6.45) is 0.440. The van der Waals surface area contributed by atoms with Crippen molar-refractivity contribution in [1.82, 2.24) is 9.97 Å². The summed E-state index contributed by atoms with van der Waals surface area (Å²) in [5, 5.41) is 3.53. The van der Waals surface area contributed by atoms with Gasteiger partial charge in [-0.25, -0.2) is 14.4 Å². The van der Waals surface area contributed by atoms with Gasteiger partial charge in [0.05, 0.1) is 12.3 Å². The zero-order valence-electron chi connectivity index (χ0n) is 12.0. The molecule has 0 fully saturated rings. The molecule has 1 N–H and O–H groups in total. The van der Waals surface area contributed by atoms with Crippen molar-refractivity contribution in [2.45, 2.75) is 20.0 Å². The zero-order chi connectivity index (χ0) is 15.2. The van der Waals surface area contributed by atoms with E-state index in [0.717, 1.165) is 23.6 Å². The second-order valence-corrected chi connectivity index (χ2v) is 4.94.